The highest BCUT2D eigenvalue weighted by Crippen LogP contribution is 2.67. The van der Waals surface area contributed by atoms with Gasteiger partial charge in [-0.2, -0.15) is 0 Å². The summed E-state index contributed by atoms with van der Waals surface area (Å²) < 4.78 is 11.1. The van der Waals surface area contributed by atoms with E-state index >= 15 is 0 Å². The number of carbonyl (C=O) groups is 1. The summed E-state index contributed by atoms with van der Waals surface area (Å²) in [5.74, 6) is 5.11. The predicted molar refractivity (Wildman–Crippen MR) is 157 cm³/mol. The largest absolute Gasteiger partial charge is 0.514 e. The van der Waals surface area contributed by atoms with Crippen LogP contribution in [0.5, 0.6) is 5.75 Å². The van der Waals surface area contributed by atoms with Crippen molar-refractivity contribution in [2.45, 2.75) is 111 Å². The van der Waals surface area contributed by atoms with Crippen LogP contribution in [0.4, 0.5) is 10.5 Å². The Morgan fingerprint density at radius 1 is 1.02 bits per heavy atom. The Morgan fingerprint density at radius 3 is 2.48 bits per heavy atom. The molecular formula is C34H49NO5. The summed E-state index contributed by atoms with van der Waals surface area (Å²) in [6.07, 6.45) is 15.1. The second-order valence-corrected chi connectivity index (χ2v) is 14.4. The van der Waals surface area contributed by atoms with Crippen molar-refractivity contribution in [2.24, 2.45) is 46.3 Å². The van der Waals surface area contributed by atoms with Gasteiger partial charge in [-0.1, -0.05) is 65.5 Å². The molecule has 8 atom stereocenters. The molecule has 3 fully saturated rings. The molecule has 0 amide bonds. The van der Waals surface area contributed by atoms with E-state index in [1.807, 2.05) is 0 Å². The predicted octanol–water partition coefficient (Wildman–Crippen LogP) is 9.52. The van der Waals surface area contributed by atoms with E-state index in [9.17, 15) is 14.9 Å². The van der Waals surface area contributed by atoms with Gasteiger partial charge in [-0.15, -0.1) is 0 Å². The van der Waals surface area contributed by atoms with E-state index in [0.29, 0.717) is 5.41 Å². The Bertz CT molecular complexity index is 1110. The maximum absolute atomic E-state index is 12.5. The van der Waals surface area contributed by atoms with Gasteiger partial charge in [0.05, 0.1) is 4.92 Å². The third-order valence-corrected chi connectivity index (χ3v) is 11.8. The fourth-order valence-electron chi connectivity index (χ4n) is 9.64. The van der Waals surface area contributed by atoms with Crippen LogP contribution in [0.2, 0.25) is 0 Å². The number of rotatable bonds is 8. The standard InChI is InChI=1S/C34H49NO5/c1-22(2)7-6-8-23(3)29-15-16-30-28-14-9-24-21-27(17-19-33(24,4)31(28)18-20-34(29,30)5)40-32(36)39-26-12-10-25(11-13-26)35(37)38/h9-13,22-23,27-31H,6-8,14-21H2,1-5H3/t23-,27?,28?,29-,30?,31?,33+,34-/m1/s1. The van der Waals surface area contributed by atoms with Crippen molar-refractivity contribution < 1.29 is 19.2 Å². The Kier molecular flexibility index (Phi) is 8.37. The lowest BCUT2D eigenvalue weighted by molar-refractivity contribution is -0.384. The number of hydrogen-bond donors (Lipinski definition) is 0. The molecule has 5 rings (SSSR count). The minimum absolute atomic E-state index is 0.0397. The van der Waals surface area contributed by atoms with Crippen molar-refractivity contribution in [3.8, 4) is 5.75 Å². The molecule has 4 aliphatic carbocycles. The Hall–Kier alpha value is -2.37. The van der Waals surface area contributed by atoms with Crippen LogP contribution in [0.1, 0.15) is 105 Å². The summed E-state index contributed by atoms with van der Waals surface area (Å²) in [4.78, 5) is 22.9. The van der Waals surface area contributed by atoms with Gasteiger partial charge >= 0.3 is 6.16 Å². The number of hydrogen-bond acceptors (Lipinski definition) is 5. The van der Waals surface area contributed by atoms with E-state index in [4.69, 9.17) is 9.47 Å². The van der Waals surface area contributed by atoms with Crippen LogP contribution < -0.4 is 4.74 Å². The lowest BCUT2D eigenvalue weighted by Gasteiger charge is -2.58. The van der Waals surface area contributed by atoms with Crippen LogP contribution in [0.25, 0.3) is 0 Å². The fraction of sp³-hybridized carbons (Fsp3) is 0.735. The number of allylic oxidation sites excluding steroid dienone is 1. The smallest absolute Gasteiger partial charge is 0.430 e. The van der Waals surface area contributed by atoms with Crippen molar-refractivity contribution >= 4 is 11.8 Å². The normalized spacial score (nSPS) is 35.6. The summed E-state index contributed by atoms with van der Waals surface area (Å²) in [6.45, 7) is 12.4. The first-order valence-electron chi connectivity index (χ1n) is 15.8. The summed E-state index contributed by atoms with van der Waals surface area (Å²) in [6, 6.07) is 5.51. The lowest BCUT2D eigenvalue weighted by Crippen LogP contribution is -2.51. The van der Waals surface area contributed by atoms with E-state index in [1.165, 1.54) is 81.2 Å². The zero-order valence-corrected chi connectivity index (χ0v) is 25.2. The van der Waals surface area contributed by atoms with E-state index in [-0.39, 0.29) is 23.0 Å². The molecular weight excluding hydrogens is 502 g/mol. The highest BCUT2D eigenvalue weighted by atomic mass is 16.7. The number of nitrogens with zero attached hydrogens (tertiary/aromatic N) is 1. The SMILES string of the molecule is CC(C)CCC[C@@H](C)[C@H]1CCC2C3CC=C4CC(OC(=O)Oc5ccc([N+](=O)[O-])cc5)CC[C@]4(C)C3CC[C@@]21C. The number of benzene rings is 1. The molecule has 3 saturated carbocycles. The average molecular weight is 552 g/mol. The molecule has 40 heavy (non-hydrogen) atoms. The molecule has 0 aromatic heterocycles. The highest BCUT2D eigenvalue weighted by molar-refractivity contribution is 5.64. The molecule has 0 spiro atoms. The molecule has 0 N–H and O–H groups in total. The number of carbonyl (C=O) groups excluding carboxylic acids is 1. The Morgan fingerprint density at radius 2 is 1.77 bits per heavy atom. The third-order valence-electron chi connectivity index (χ3n) is 11.8. The fourth-order valence-corrected chi connectivity index (χ4v) is 9.64. The molecule has 6 heteroatoms. The summed E-state index contributed by atoms with van der Waals surface area (Å²) in [7, 11) is 0. The minimum Gasteiger partial charge on any atom is -0.430 e. The van der Waals surface area contributed by atoms with E-state index in [1.54, 1.807) is 0 Å². The second kappa shape index (κ2) is 11.5. The Balaban J connectivity index is 1.20. The number of fused-ring (bicyclic) bond motifs is 5. The third kappa shape index (κ3) is 5.56. The molecule has 1 aromatic carbocycles. The van der Waals surface area contributed by atoms with Gasteiger partial charge in [-0.05, 0) is 103 Å². The molecule has 6 nitrogen and oxygen atoms in total. The first-order chi connectivity index (χ1) is 19.0. The van der Waals surface area contributed by atoms with Gasteiger partial charge in [0.2, 0.25) is 0 Å². The quantitative estimate of drug-likeness (QED) is 0.106. The lowest BCUT2D eigenvalue weighted by atomic mass is 9.47. The maximum atomic E-state index is 12.5. The van der Waals surface area contributed by atoms with Gasteiger partial charge < -0.3 is 9.47 Å². The van der Waals surface area contributed by atoms with Gasteiger partial charge in [-0.3, -0.25) is 10.1 Å². The molecule has 0 saturated heterocycles. The van der Waals surface area contributed by atoms with Crippen LogP contribution >= 0.6 is 0 Å². The zero-order valence-electron chi connectivity index (χ0n) is 25.2. The van der Waals surface area contributed by atoms with Crippen LogP contribution in [-0.4, -0.2) is 17.2 Å². The highest BCUT2D eigenvalue weighted by Gasteiger charge is 2.59. The van der Waals surface area contributed by atoms with Crippen molar-refractivity contribution in [3.05, 3.63) is 46.0 Å². The van der Waals surface area contributed by atoms with Gasteiger partial charge in [0.15, 0.2) is 0 Å². The first kappa shape index (κ1) is 29.1. The molecule has 0 aliphatic heterocycles. The number of nitro groups is 1. The van der Waals surface area contributed by atoms with Crippen molar-refractivity contribution in [2.75, 3.05) is 0 Å². The van der Waals surface area contributed by atoms with Crippen LogP contribution in [0.3, 0.4) is 0 Å². The molecule has 0 bridgehead atoms. The maximum Gasteiger partial charge on any atom is 0.514 e. The monoisotopic (exact) mass is 551 g/mol. The topological polar surface area (TPSA) is 78.7 Å². The van der Waals surface area contributed by atoms with Gasteiger partial charge in [-0.25, -0.2) is 4.79 Å². The van der Waals surface area contributed by atoms with Gasteiger partial charge in [0.25, 0.3) is 5.69 Å². The number of nitro benzene ring substituents is 1. The summed E-state index contributed by atoms with van der Waals surface area (Å²) in [5, 5.41) is 10.9. The van der Waals surface area contributed by atoms with E-state index < -0.39 is 11.1 Å². The van der Waals surface area contributed by atoms with Crippen molar-refractivity contribution in [1.82, 2.24) is 0 Å². The Labute approximate surface area is 240 Å². The molecule has 0 heterocycles. The van der Waals surface area contributed by atoms with Crippen LogP contribution in [-0.2, 0) is 4.74 Å². The van der Waals surface area contributed by atoms with E-state index in [2.05, 4.69) is 40.7 Å². The molecule has 0 radical (unpaired) electrons. The molecule has 4 unspecified atom stereocenters. The van der Waals surface area contributed by atoms with Gasteiger partial charge in [0, 0.05) is 18.6 Å². The molecule has 4 aliphatic rings. The van der Waals surface area contributed by atoms with Crippen LogP contribution in [0, 0.1) is 56.5 Å². The minimum atomic E-state index is -0.732. The van der Waals surface area contributed by atoms with Crippen molar-refractivity contribution in [1.29, 1.82) is 0 Å². The first-order valence-corrected chi connectivity index (χ1v) is 15.8. The number of non-ortho nitro benzene ring substituents is 1. The van der Waals surface area contributed by atoms with Crippen LogP contribution in [0.15, 0.2) is 35.9 Å². The summed E-state index contributed by atoms with van der Waals surface area (Å²) >= 11 is 0. The second-order valence-electron chi connectivity index (χ2n) is 14.4. The van der Waals surface area contributed by atoms with E-state index in [0.717, 1.165) is 54.8 Å². The number of ether oxygens (including phenoxy) is 2. The van der Waals surface area contributed by atoms with Crippen molar-refractivity contribution in [3.63, 3.8) is 0 Å². The molecule has 1 aromatic rings. The average Bonchev–Trinajstić information content (AvgIpc) is 3.26. The summed E-state index contributed by atoms with van der Waals surface area (Å²) in [5.41, 5.74) is 2.13. The zero-order chi connectivity index (χ0) is 28.7. The molecule has 220 valence electrons. The van der Waals surface area contributed by atoms with Gasteiger partial charge in [0.1, 0.15) is 11.9 Å².